The van der Waals surface area contributed by atoms with Gasteiger partial charge in [-0.05, 0) is 37.7 Å². The number of likely N-dealkylation sites (tertiary alicyclic amines) is 1. The van der Waals surface area contributed by atoms with Crippen molar-refractivity contribution in [3.05, 3.63) is 35.6 Å². The number of carbonyl (C=O) groups is 2. The summed E-state index contributed by atoms with van der Waals surface area (Å²) in [6.45, 7) is 0.781. The fraction of sp³-hybridized carbons (Fsp3) is 0.556. The molecule has 1 aliphatic heterocycles. The highest BCUT2D eigenvalue weighted by atomic mass is 19.1. The van der Waals surface area contributed by atoms with Gasteiger partial charge in [0.15, 0.2) is 0 Å². The highest BCUT2D eigenvalue weighted by Gasteiger charge is 2.60. The number of halogens is 1. The summed E-state index contributed by atoms with van der Waals surface area (Å²) in [4.78, 5) is 26.5. The largest absolute Gasteiger partial charge is 0.481 e. The maximum absolute atomic E-state index is 14.1. The van der Waals surface area contributed by atoms with Gasteiger partial charge in [0.1, 0.15) is 5.82 Å². The van der Waals surface area contributed by atoms with E-state index in [0.29, 0.717) is 31.4 Å². The summed E-state index contributed by atoms with van der Waals surface area (Å²) in [5.74, 6) is -1.17. The first-order valence-electron chi connectivity index (χ1n) is 8.27. The van der Waals surface area contributed by atoms with Gasteiger partial charge in [-0.1, -0.05) is 24.6 Å². The number of carboxylic acid groups (broad SMARTS) is 1. The first kappa shape index (κ1) is 14.7. The summed E-state index contributed by atoms with van der Waals surface area (Å²) < 4.78 is 14.1. The van der Waals surface area contributed by atoms with E-state index in [1.54, 1.807) is 23.1 Å². The van der Waals surface area contributed by atoms with Gasteiger partial charge in [-0.2, -0.15) is 0 Å². The van der Waals surface area contributed by atoms with Crippen LogP contribution in [0, 0.1) is 17.2 Å². The van der Waals surface area contributed by atoms with E-state index in [1.807, 2.05) is 0 Å². The van der Waals surface area contributed by atoms with E-state index < -0.39 is 16.8 Å². The zero-order valence-electron chi connectivity index (χ0n) is 12.9. The van der Waals surface area contributed by atoms with Crippen LogP contribution < -0.4 is 0 Å². The standard InChI is InChI=1S/C18H20FNO3/c19-14-6-2-1-5-13(14)17(8-9-17)15(21)20-10-12-4-3-7-18(12,11-20)16(22)23/h1-2,5-6,12H,3-4,7-11H2,(H,22,23)/t12-,18+/m0/s1. The summed E-state index contributed by atoms with van der Waals surface area (Å²) >= 11 is 0. The van der Waals surface area contributed by atoms with Gasteiger partial charge in [0.05, 0.1) is 10.8 Å². The summed E-state index contributed by atoms with van der Waals surface area (Å²) in [6, 6.07) is 6.45. The quantitative estimate of drug-likeness (QED) is 0.932. The first-order valence-corrected chi connectivity index (χ1v) is 8.27. The van der Waals surface area contributed by atoms with E-state index in [0.717, 1.165) is 12.8 Å². The van der Waals surface area contributed by atoms with E-state index in [9.17, 15) is 19.1 Å². The Hall–Kier alpha value is -1.91. The molecule has 3 fully saturated rings. The van der Waals surface area contributed by atoms with E-state index in [1.165, 1.54) is 6.07 Å². The minimum Gasteiger partial charge on any atom is -0.481 e. The third-order valence-electron chi connectivity index (χ3n) is 6.13. The number of benzene rings is 1. The second-order valence-electron chi connectivity index (χ2n) is 7.30. The maximum Gasteiger partial charge on any atom is 0.311 e. The predicted octanol–water partition coefficient (Wildman–Crippen LogP) is 2.57. The van der Waals surface area contributed by atoms with Gasteiger partial charge in [-0.25, -0.2) is 4.39 Å². The van der Waals surface area contributed by atoms with Crippen LogP contribution in [-0.4, -0.2) is 35.0 Å². The fourth-order valence-electron chi connectivity index (χ4n) is 4.67. The van der Waals surface area contributed by atoms with E-state index in [4.69, 9.17) is 0 Å². The van der Waals surface area contributed by atoms with Crippen molar-refractivity contribution in [2.45, 2.75) is 37.5 Å². The zero-order valence-corrected chi connectivity index (χ0v) is 12.9. The maximum atomic E-state index is 14.1. The summed E-state index contributed by atoms with van der Waals surface area (Å²) in [6.07, 6.45) is 3.71. The average Bonchev–Trinajstić information content (AvgIpc) is 3.08. The lowest BCUT2D eigenvalue weighted by Crippen LogP contribution is -2.41. The van der Waals surface area contributed by atoms with Gasteiger partial charge in [-0.3, -0.25) is 9.59 Å². The minimum absolute atomic E-state index is 0.0420. The van der Waals surface area contributed by atoms with Crippen LogP contribution in [0.2, 0.25) is 0 Å². The molecule has 1 aromatic carbocycles. The van der Waals surface area contributed by atoms with Gasteiger partial charge < -0.3 is 10.0 Å². The average molecular weight is 317 g/mol. The molecule has 23 heavy (non-hydrogen) atoms. The van der Waals surface area contributed by atoms with Gasteiger partial charge in [-0.15, -0.1) is 0 Å². The molecule has 1 N–H and O–H groups in total. The molecule has 0 radical (unpaired) electrons. The Morgan fingerprint density at radius 3 is 2.57 bits per heavy atom. The summed E-state index contributed by atoms with van der Waals surface area (Å²) in [5.41, 5.74) is -1.07. The third kappa shape index (κ3) is 1.95. The SMILES string of the molecule is O=C(N1C[C@@H]2CCC[C@@]2(C(=O)O)C1)C1(c2ccccc2F)CC1. The van der Waals surface area contributed by atoms with E-state index in [2.05, 4.69) is 0 Å². The number of carboxylic acids is 1. The topological polar surface area (TPSA) is 57.6 Å². The van der Waals surface area contributed by atoms with Crippen LogP contribution in [0.25, 0.3) is 0 Å². The molecule has 3 aliphatic rings. The number of rotatable bonds is 3. The van der Waals surface area contributed by atoms with Crippen LogP contribution in [0.15, 0.2) is 24.3 Å². The summed E-state index contributed by atoms with van der Waals surface area (Å²) in [5, 5.41) is 9.66. The lowest BCUT2D eigenvalue weighted by Gasteiger charge is -2.26. The Labute approximate surface area is 134 Å². The molecule has 0 spiro atoms. The Morgan fingerprint density at radius 1 is 1.22 bits per heavy atom. The van der Waals surface area contributed by atoms with Gasteiger partial charge in [0, 0.05) is 18.7 Å². The predicted molar refractivity (Wildman–Crippen MR) is 81.3 cm³/mol. The Morgan fingerprint density at radius 2 is 1.96 bits per heavy atom. The van der Waals surface area contributed by atoms with Crippen molar-refractivity contribution in [2.75, 3.05) is 13.1 Å². The molecule has 1 heterocycles. The second-order valence-corrected chi connectivity index (χ2v) is 7.30. The highest BCUT2D eigenvalue weighted by Crippen LogP contribution is 2.54. The molecule has 2 saturated carbocycles. The van der Waals surface area contributed by atoms with E-state index >= 15 is 0 Å². The van der Waals surface area contributed by atoms with Crippen molar-refractivity contribution < 1.29 is 19.1 Å². The van der Waals surface area contributed by atoms with Crippen LogP contribution in [0.4, 0.5) is 4.39 Å². The van der Waals surface area contributed by atoms with Crippen molar-refractivity contribution in [2.24, 2.45) is 11.3 Å². The van der Waals surface area contributed by atoms with Crippen LogP contribution in [0.3, 0.4) is 0 Å². The molecule has 1 aromatic rings. The monoisotopic (exact) mass is 317 g/mol. The van der Waals surface area contributed by atoms with Crippen molar-refractivity contribution in [3.63, 3.8) is 0 Å². The molecular weight excluding hydrogens is 297 g/mol. The highest BCUT2D eigenvalue weighted by molar-refractivity contribution is 5.92. The van der Waals surface area contributed by atoms with Crippen LogP contribution >= 0.6 is 0 Å². The van der Waals surface area contributed by atoms with Crippen molar-refractivity contribution in [3.8, 4) is 0 Å². The van der Waals surface area contributed by atoms with Crippen LogP contribution in [0.5, 0.6) is 0 Å². The lowest BCUT2D eigenvalue weighted by atomic mass is 9.81. The minimum atomic E-state index is -0.786. The second kappa shape index (κ2) is 4.79. The lowest BCUT2D eigenvalue weighted by molar-refractivity contribution is -0.149. The molecular formula is C18H20FNO3. The Bertz CT molecular complexity index is 685. The molecule has 2 aliphatic carbocycles. The molecule has 0 bridgehead atoms. The molecule has 0 aromatic heterocycles. The number of nitrogens with zero attached hydrogens (tertiary/aromatic N) is 1. The van der Waals surface area contributed by atoms with Crippen molar-refractivity contribution >= 4 is 11.9 Å². The molecule has 1 amide bonds. The van der Waals surface area contributed by atoms with Gasteiger partial charge >= 0.3 is 5.97 Å². The molecule has 2 atom stereocenters. The summed E-state index contributed by atoms with van der Waals surface area (Å²) in [7, 11) is 0. The number of amides is 1. The Balaban J connectivity index is 1.62. The number of fused-ring (bicyclic) bond motifs is 1. The molecule has 0 unspecified atom stereocenters. The van der Waals surface area contributed by atoms with Crippen LogP contribution in [-0.2, 0) is 15.0 Å². The smallest absolute Gasteiger partial charge is 0.311 e. The Kier molecular flexibility index (Phi) is 3.06. The third-order valence-corrected chi connectivity index (χ3v) is 6.13. The van der Waals surface area contributed by atoms with E-state index in [-0.39, 0.29) is 24.2 Å². The van der Waals surface area contributed by atoms with Crippen molar-refractivity contribution in [1.82, 2.24) is 4.90 Å². The zero-order chi connectivity index (χ0) is 16.2. The molecule has 122 valence electrons. The van der Waals surface area contributed by atoms with Gasteiger partial charge in [0.2, 0.25) is 5.91 Å². The fourth-order valence-corrected chi connectivity index (χ4v) is 4.67. The van der Waals surface area contributed by atoms with Gasteiger partial charge in [0.25, 0.3) is 0 Å². The van der Waals surface area contributed by atoms with Crippen LogP contribution in [0.1, 0.15) is 37.7 Å². The molecule has 4 rings (SSSR count). The molecule has 4 nitrogen and oxygen atoms in total. The number of hydrogen-bond acceptors (Lipinski definition) is 2. The molecule has 5 heteroatoms. The number of carbonyl (C=O) groups excluding carboxylic acids is 1. The normalized spacial score (nSPS) is 31.0. The molecule has 1 saturated heterocycles. The number of aliphatic carboxylic acids is 1. The first-order chi connectivity index (χ1) is 11.0. The van der Waals surface area contributed by atoms with Crippen molar-refractivity contribution in [1.29, 1.82) is 0 Å². The number of hydrogen-bond donors (Lipinski definition) is 1.